The number of aryl methyl sites for hydroxylation is 1. The van der Waals surface area contributed by atoms with Crippen LogP contribution >= 0.6 is 0 Å². The van der Waals surface area contributed by atoms with Crippen LogP contribution in [0.15, 0.2) is 47.8 Å². The van der Waals surface area contributed by atoms with Crippen molar-refractivity contribution in [3.8, 4) is 11.3 Å². The van der Waals surface area contributed by atoms with E-state index in [0.717, 1.165) is 5.56 Å². The third-order valence-electron chi connectivity index (χ3n) is 2.78. The number of aromatic nitrogens is 3. The quantitative estimate of drug-likeness (QED) is 0.688. The molecule has 2 heterocycles. The molecule has 3 aromatic rings. The third kappa shape index (κ3) is 1.54. The molecule has 0 radical (unpaired) electrons. The minimum Gasteiger partial charge on any atom is -0.326 e. The van der Waals surface area contributed by atoms with E-state index in [1.807, 2.05) is 31.2 Å². The van der Waals surface area contributed by atoms with Gasteiger partial charge < -0.3 is 4.98 Å². The Kier molecular flexibility index (Phi) is 2.08. The number of fused-ring (bicyclic) bond motifs is 1. The molecule has 0 unspecified atom stereocenters. The summed E-state index contributed by atoms with van der Waals surface area (Å²) in [6.45, 7) is 2.03. The van der Waals surface area contributed by atoms with Crippen molar-refractivity contribution in [2.45, 2.75) is 6.92 Å². The first-order chi connectivity index (χ1) is 8.25. The lowest BCUT2D eigenvalue weighted by atomic mass is 10.1. The van der Waals surface area contributed by atoms with Gasteiger partial charge in [-0.3, -0.25) is 9.20 Å². The van der Waals surface area contributed by atoms with Crippen LogP contribution in [0.3, 0.4) is 0 Å². The summed E-state index contributed by atoms with van der Waals surface area (Å²) in [5.74, 6) is 0. The molecule has 0 saturated carbocycles. The predicted molar refractivity (Wildman–Crippen MR) is 66.0 cm³/mol. The molecule has 84 valence electrons. The lowest BCUT2D eigenvalue weighted by molar-refractivity contribution is 1.09. The van der Waals surface area contributed by atoms with Crippen LogP contribution in [0.2, 0.25) is 0 Å². The molecule has 2 aromatic heterocycles. The normalized spacial score (nSPS) is 10.9. The minimum atomic E-state index is -0.124. The van der Waals surface area contributed by atoms with E-state index in [4.69, 9.17) is 0 Å². The van der Waals surface area contributed by atoms with Crippen LogP contribution < -0.4 is 5.56 Å². The summed E-state index contributed by atoms with van der Waals surface area (Å²) in [5, 5.41) is 0. The summed E-state index contributed by atoms with van der Waals surface area (Å²) < 4.78 is 1.73. The van der Waals surface area contributed by atoms with E-state index >= 15 is 0 Å². The number of H-pyrrole nitrogens is 1. The molecule has 17 heavy (non-hydrogen) atoms. The number of hydrogen-bond donors (Lipinski definition) is 1. The second-order valence-electron chi connectivity index (χ2n) is 4.00. The molecule has 0 saturated heterocycles. The Hall–Kier alpha value is -2.36. The molecular weight excluding hydrogens is 214 g/mol. The average molecular weight is 225 g/mol. The van der Waals surface area contributed by atoms with E-state index in [9.17, 15) is 4.79 Å². The van der Waals surface area contributed by atoms with Gasteiger partial charge in [0.1, 0.15) is 17.5 Å². The number of imidazole rings is 1. The molecule has 0 aliphatic carbocycles. The van der Waals surface area contributed by atoms with Gasteiger partial charge in [0.15, 0.2) is 0 Å². The summed E-state index contributed by atoms with van der Waals surface area (Å²) in [7, 11) is 0. The molecule has 4 heteroatoms. The fraction of sp³-hybridized carbons (Fsp3) is 0.0769. The minimum absolute atomic E-state index is 0.124. The summed E-state index contributed by atoms with van der Waals surface area (Å²) in [6.07, 6.45) is 5.04. The molecule has 0 spiro atoms. The van der Waals surface area contributed by atoms with Gasteiger partial charge in [-0.1, -0.05) is 29.8 Å². The van der Waals surface area contributed by atoms with Gasteiger partial charge in [-0.05, 0) is 6.92 Å². The van der Waals surface area contributed by atoms with Gasteiger partial charge in [-0.15, -0.1) is 0 Å². The van der Waals surface area contributed by atoms with Crippen LogP contribution in [0.1, 0.15) is 5.56 Å². The molecule has 1 N–H and O–H groups in total. The van der Waals surface area contributed by atoms with Gasteiger partial charge >= 0.3 is 0 Å². The molecule has 3 rings (SSSR count). The van der Waals surface area contributed by atoms with Gasteiger partial charge in [0, 0.05) is 18.0 Å². The SMILES string of the molecule is Cc1ccc(-c2ncn3cc[nH]c(=O)c23)cc1. The van der Waals surface area contributed by atoms with Gasteiger partial charge in [0.25, 0.3) is 5.56 Å². The highest BCUT2D eigenvalue weighted by molar-refractivity contribution is 5.76. The second kappa shape index (κ2) is 3.59. The van der Waals surface area contributed by atoms with Crippen molar-refractivity contribution >= 4 is 5.52 Å². The molecule has 0 aliphatic rings. The first-order valence-electron chi connectivity index (χ1n) is 5.37. The largest absolute Gasteiger partial charge is 0.326 e. The number of hydrogen-bond acceptors (Lipinski definition) is 2. The molecule has 0 bridgehead atoms. The maximum Gasteiger partial charge on any atom is 0.274 e. The van der Waals surface area contributed by atoms with Gasteiger partial charge in [0.2, 0.25) is 0 Å². The fourth-order valence-corrected chi connectivity index (χ4v) is 1.88. The van der Waals surface area contributed by atoms with E-state index < -0.39 is 0 Å². The van der Waals surface area contributed by atoms with Crippen LogP contribution in [-0.2, 0) is 0 Å². The Morgan fingerprint density at radius 3 is 2.76 bits per heavy atom. The predicted octanol–water partition coefficient (Wildman–Crippen LogP) is 2.00. The van der Waals surface area contributed by atoms with E-state index in [0.29, 0.717) is 11.2 Å². The van der Waals surface area contributed by atoms with Gasteiger partial charge in [-0.25, -0.2) is 4.98 Å². The maximum absolute atomic E-state index is 11.8. The zero-order chi connectivity index (χ0) is 11.8. The number of nitrogens with one attached hydrogen (secondary N) is 1. The second-order valence-corrected chi connectivity index (χ2v) is 4.00. The fourth-order valence-electron chi connectivity index (χ4n) is 1.88. The third-order valence-corrected chi connectivity index (χ3v) is 2.78. The molecule has 0 atom stereocenters. The van der Waals surface area contributed by atoms with Gasteiger partial charge in [-0.2, -0.15) is 0 Å². The summed E-state index contributed by atoms with van der Waals surface area (Å²) in [6, 6.07) is 7.98. The Balaban J connectivity index is 2.31. The van der Waals surface area contributed by atoms with E-state index in [-0.39, 0.29) is 5.56 Å². The van der Waals surface area contributed by atoms with Crippen LogP contribution in [0.5, 0.6) is 0 Å². The van der Waals surface area contributed by atoms with Crippen molar-refractivity contribution in [2.24, 2.45) is 0 Å². The first-order valence-corrected chi connectivity index (χ1v) is 5.37. The Bertz CT molecular complexity index is 722. The van der Waals surface area contributed by atoms with E-state index in [1.54, 1.807) is 23.1 Å². The van der Waals surface area contributed by atoms with Crippen LogP contribution in [0.25, 0.3) is 16.8 Å². The average Bonchev–Trinajstić information content (AvgIpc) is 2.75. The van der Waals surface area contributed by atoms with Gasteiger partial charge in [0.05, 0.1) is 0 Å². The standard InChI is InChI=1S/C13H11N3O/c1-9-2-4-10(5-3-9)11-12-13(17)14-6-7-16(12)8-15-11/h2-8H,1H3,(H,14,17). The van der Waals surface area contributed by atoms with Crippen molar-refractivity contribution in [1.82, 2.24) is 14.4 Å². The van der Waals surface area contributed by atoms with Crippen LogP contribution in [0, 0.1) is 6.92 Å². The van der Waals surface area contributed by atoms with Crippen molar-refractivity contribution in [3.05, 3.63) is 58.9 Å². The highest BCUT2D eigenvalue weighted by atomic mass is 16.1. The van der Waals surface area contributed by atoms with Crippen LogP contribution in [-0.4, -0.2) is 14.4 Å². The summed E-state index contributed by atoms with van der Waals surface area (Å²) in [5.41, 5.74) is 3.31. The Labute approximate surface area is 97.6 Å². The maximum atomic E-state index is 11.8. The monoisotopic (exact) mass is 225 g/mol. The molecule has 0 aliphatic heterocycles. The van der Waals surface area contributed by atoms with Crippen molar-refractivity contribution in [2.75, 3.05) is 0 Å². The summed E-state index contributed by atoms with van der Waals surface area (Å²) >= 11 is 0. The molecule has 0 amide bonds. The topological polar surface area (TPSA) is 50.2 Å². The molecular formula is C13H11N3O. The zero-order valence-corrected chi connectivity index (χ0v) is 9.34. The van der Waals surface area contributed by atoms with Crippen molar-refractivity contribution < 1.29 is 0 Å². The molecule has 1 aromatic carbocycles. The van der Waals surface area contributed by atoms with Crippen LogP contribution in [0.4, 0.5) is 0 Å². The smallest absolute Gasteiger partial charge is 0.274 e. The number of benzene rings is 1. The van der Waals surface area contributed by atoms with Crippen molar-refractivity contribution in [3.63, 3.8) is 0 Å². The lowest BCUT2D eigenvalue weighted by Crippen LogP contribution is -2.08. The zero-order valence-electron chi connectivity index (χ0n) is 9.34. The number of nitrogens with zero attached hydrogens (tertiary/aromatic N) is 2. The van der Waals surface area contributed by atoms with Crippen molar-refractivity contribution in [1.29, 1.82) is 0 Å². The molecule has 4 nitrogen and oxygen atoms in total. The summed E-state index contributed by atoms with van der Waals surface area (Å²) in [4.78, 5) is 18.7. The Morgan fingerprint density at radius 1 is 1.24 bits per heavy atom. The first kappa shape index (κ1) is 9.84. The highest BCUT2D eigenvalue weighted by Crippen LogP contribution is 2.20. The Morgan fingerprint density at radius 2 is 2.00 bits per heavy atom. The number of rotatable bonds is 1. The van der Waals surface area contributed by atoms with E-state index in [2.05, 4.69) is 9.97 Å². The number of aromatic amines is 1. The molecule has 0 fully saturated rings. The highest BCUT2D eigenvalue weighted by Gasteiger charge is 2.09. The van der Waals surface area contributed by atoms with E-state index in [1.165, 1.54) is 5.56 Å². The lowest BCUT2D eigenvalue weighted by Gasteiger charge is -1.99.